The van der Waals surface area contributed by atoms with Gasteiger partial charge in [-0.3, -0.25) is 0 Å². The number of thiophene rings is 1. The van der Waals surface area contributed by atoms with Crippen LogP contribution in [0.3, 0.4) is 0 Å². The highest BCUT2D eigenvalue weighted by Gasteiger charge is 2.06. The van der Waals surface area contributed by atoms with Crippen molar-refractivity contribution in [2.45, 2.75) is 19.9 Å². The van der Waals surface area contributed by atoms with Crippen molar-refractivity contribution in [1.82, 2.24) is 14.8 Å². The van der Waals surface area contributed by atoms with Crippen molar-refractivity contribution >= 4 is 17.0 Å². The molecule has 2 aromatic heterocycles. The maximum absolute atomic E-state index is 14.1. The quantitative estimate of drug-likeness (QED) is 0.782. The zero-order chi connectivity index (χ0) is 14.7. The zero-order valence-corrected chi connectivity index (χ0v) is 12.4. The molecule has 108 valence electrons. The molecule has 2 heterocycles. The Labute approximate surface area is 126 Å². The number of halogens is 1. The number of benzene rings is 1. The predicted molar refractivity (Wildman–Crippen MR) is 82.3 cm³/mol. The number of nitrogens with zero attached hydrogens (tertiary/aromatic N) is 3. The van der Waals surface area contributed by atoms with E-state index in [9.17, 15) is 4.39 Å². The minimum atomic E-state index is -0.328. The summed E-state index contributed by atoms with van der Waals surface area (Å²) in [6.45, 7) is 2.84. The molecule has 1 N–H and O–H groups in total. The molecule has 3 rings (SSSR count). The Morgan fingerprint density at radius 3 is 2.76 bits per heavy atom. The lowest BCUT2D eigenvalue weighted by atomic mass is 10.2. The third-order valence-corrected chi connectivity index (χ3v) is 4.38. The van der Waals surface area contributed by atoms with Crippen LogP contribution in [0, 0.1) is 5.82 Å². The van der Waals surface area contributed by atoms with Gasteiger partial charge in [-0.15, -0.1) is 11.3 Å². The van der Waals surface area contributed by atoms with E-state index >= 15 is 0 Å². The Morgan fingerprint density at radius 2 is 2.10 bits per heavy atom. The number of aryl methyl sites for hydroxylation is 1. The van der Waals surface area contributed by atoms with E-state index in [1.807, 2.05) is 6.07 Å². The van der Waals surface area contributed by atoms with Gasteiger partial charge in [0.15, 0.2) is 5.82 Å². The smallest absolute Gasteiger partial charge is 0.150 e. The number of hydrogen-bond donors (Lipinski definition) is 1. The molecule has 6 heteroatoms. The molecule has 1 aromatic carbocycles. The summed E-state index contributed by atoms with van der Waals surface area (Å²) in [7, 11) is 0. The minimum Gasteiger partial charge on any atom is -0.380 e. The number of nitrogens with one attached hydrogen (secondary N) is 1. The average Bonchev–Trinajstić information content (AvgIpc) is 3.16. The molecular formula is C15H15FN4S. The Bertz CT molecular complexity index is 721. The van der Waals surface area contributed by atoms with Gasteiger partial charge in [0.25, 0.3) is 0 Å². The summed E-state index contributed by atoms with van der Waals surface area (Å²) in [5, 5.41) is 7.17. The van der Waals surface area contributed by atoms with E-state index in [4.69, 9.17) is 0 Å². The molecule has 0 aliphatic carbocycles. The molecule has 21 heavy (non-hydrogen) atoms. The van der Waals surface area contributed by atoms with E-state index in [0.29, 0.717) is 12.2 Å². The van der Waals surface area contributed by atoms with Gasteiger partial charge in [0, 0.05) is 22.0 Å². The van der Waals surface area contributed by atoms with Gasteiger partial charge in [0.05, 0.1) is 0 Å². The first-order valence-electron chi connectivity index (χ1n) is 6.72. The summed E-state index contributed by atoms with van der Waals surface area (Å²) in [6, 6.07) is 9.25. The second kappa shape index (κ2) is 6.05. The minimum absolute atomic E-state index is 0.328. The van der Waals surface area contributed by atoms with Crippen LogP contribution in [0.2, 0.25) is 0 Å². The standard InChI is InChI=1S/C15H15FN4S/c1-2-12-4-5-13(21-12)8-18-11-3-6-15(14(16)7-11)20-10-17-9-19-20/h3-7,9-10,18H,2,8H2,1H3. The first-order valence-corrected chi connectivity index (χ1v) is 7.54. The number of hydrogen-bond acceptors (Lipinski definition) is 4. The van der Waals surface area contributed by atoms with Crippen LogP contribution in [-0.4, -0.2) is 14.8 Å². The van der Waals surface area contributed by atoms with Crippen molar-refractivity contribution in [3.8, 4) is 5.69 Å². The summed E-state index contributed by atoms with van der Waals surface area (Å²) < 4.78 is 15.5. The summed E-state index contributed by atoms with van der Waals surface area (Å²) in [5.41, 5.74) is 1.14. The summed E-state index contributed by atoms with van der Waals surface area (Å²) in [6.07, 6.45) is 3.91. The summed E-state index contributed by atoms with van der Waals surface area (Å²) in [4.78, 5) is 6.42. The Balaban J connectivity index is 1.70. The van der Waals surface area contributed by atoms with E-state index < -0.39 is 0 Å². The van der Waals surface area contributed by atoms with Crippen molar-refractivity contribution in [2.75, 3.05) is 5.32 Å². The number of aromatic nitrogens is 3. The molecule has 0 fully saturated rings. The van der Waals surface area contributed by atoms with Gasteiger partial charge in [-0.05, 0) is 36.8 Å². The van der Waals surface area contributed by atoms with E-state index in [-0.39, 0.29) is 5.82 Å². The highest BCUT2D eigenvalue weighted by Crippen LogP contribution is 2.21. The first-order chi connectivity index (χ1) is 10.3. The van der Waals surface area contributed by atoms with Crippen LogP contribution < -0.4 is 5.32 Å². The van der Waals surface area contributed by atoms with E-state index in [2.05, 4.69) is 34.5 Å². The monoisotopic (exact) mass is 302 g/mol. The fraction of sp³-hybridized carbons (Fsp3) is 0.200. The molecule has 0 bridgehead atoms. The molecule has 0 saturated carbocycles. The van der Waals surface area contributed by atoms with Crippen LogP contribution in [0.25, 0.3) is 5.69 Å². The van der Waals surface area contributed by atoms with Gasteiger partial charge >= 0.3 is 0 Å². The normalized spacial score (nSPS) is 10.8. The summed E-state index contributed by atoms with van der Waals surface area (Å²) in [5.74, 6) is -0.328. The lowest BCUT2D eigenvalue weighted by Crippen LogP contribution is -2.01. The molecule has 3 aromatic rings. The zero-order valence-electron chi connectivity index (χ0n) is 11.6. The SMILES string of the molecule is CCc1ccc(CNc2ccc(-n3cncn3)c(F)c2)s1. The van der Waals surface area contributed by atoms with E-state index in [1.165, 1.54) is 33.2 Å². The van der Waals surface area contributed by atoms with E-state index in [0.717, 1.165) is 12.1 Å². The molecular weight excluding hydrogens is 287 g/mol. The van der Waals surface area contributed by atoms with Gasteiger partial charge in [0.2, 0.25) is 0 Å². The molecule has 0 unspecified atom stereocenters. The topological polar surface area (TPSA) is 42.7 Å². The molecule has 0 aliphatic rings. The molecule has 4 nitrogen and oxygen atoms in total. The first kappa shape index (κ1) is 13.8. The van der Waals surface area contributed by atoms with Crippen molar-refractivity contribution in [2.24, 2.45) is 0 Å². The molecule has 0 saturated heterocycles. The Morgan fingerprint density at radius 1 is 1.24 bits per heavy atom. The maximum atomic E-state index is 14.1. The lowest BCUT2D eigenvalue weighted by Gasteiger charge is -2.07. The van der Waals surface area contributed by atoms with Crippen LogP contribution in [0.5, 0.6) is 0 Å². The fourth-order valence-corrected chi connectivity index (χ4v) is 2.93. The van der Waals surface area contributed by atoms with E-state index in [1.54, 1.807) is 17.4 Å². The molecule has 0 radical (unpaired) electrons. The fourth-order valence-electron chi connectivity index (χ4n) is 2.03. The maximum Gasteiger partial charge on any atom is 0.150 e. The van der Waals surface area contributed by atoms with Crippen LogP contribution in [0.15, 0.2) is 43.0 Å². The summed E-state index contributed by atoms with van der Waals surface area (Å²) >= 11 is 1.78. The van der Waals surface area contributed by atoms with Gasteiger partial charge < -0.3 is 5.32 Å². The highest BCUT2D eigenvalue weighted by atomic mass is 32.1. The second-order valence-corrected chi connectivity index (χ2v) is 5.83. The number of anilines is 1. The van der Waals surface area contributed by atoms with Crippen molar-refractivity contribution < 1.29 is 4.39 Å². The molecule has 0 aliphatic heterocycles. The Kier molecular flexibility index (Phi) is 3.96. The van der Waals surface area contributed by atoms with Gasteiger partial charge in [-0.2, -0.15) is 5.10 Å². The molecule has 0 spiro atoms. The average molecular weight is 302 g/mol. The third-order valence-electron chi connectivity index (χ3n) is 3.15. The second-order valence-electron chi connectivity index (χ2n) is 4.58. The molecule has 0 atom stereocenters. The van der Waals surface area contributed by atoms with Crippen LogP contribution in [0.1, 0.15) is 16.7 Å². The van der Waals surface area contributed by atoms with Crippen molar-refractivity contribution in [1.29, 1.82) is 0 Å². The van der Waals surface area contributed by atoms with Gasteiger partial charge in [-0.1, -0.05) is 6.92 Å². The van der Waals surface area contributed by atoms with Crippen LogP contribution >= 0.6 is 11.3 Å². The largest absolute Gasteiger partial charge is 0.380 e. The van der Waals surface area contributed by atoms with Gasteiger partial charge in [0.1, 0.15) is 18.3 Å². The van der Waals surface area contributed by atoms with Crippen LogP contribution in [-0.2, 0) is 13.0 Å². The molecule has 0 amide bonds. The third kappa shape index (κ3) is 3.11. The van der Waals surface area contributed by atoms with Crippen molar-refractivity contribution in [3.05, 3.63) is 58.6 Å². The number of rotatable bonds is 5. The van der Waals surface area contributed by atoms with Crippen molar-refractivity contribution in [3.63, 3.8) is 0 Å². The highest BCUT2D eigenvalue weighted by molar-refractivity contribution is 7.12. The Hall–Kier alpha value is -2.21. The van der Waals surface area contributed by atoms with Crippen LogP contribution in [0.4, 0.5) is 10.1 Å². The predicted octanol–water partition coefficient (Wildman–Crippen LogP) is 3.64. The van der Waals surface area contributed by atoms with Gasteiger partial charge in [-0.25, -0.2) is 14.1 Å². The lowest BCUT2D eigenvalue weighted by molar-refractivity contribution is 0.611.